The molecular weight excluding hydrogens is 467 g/mol. The van der Waals surface area contributed by atoms with Crippen molar-refractivity contribution in [3.05, 3.63) is 105 Å². The molecule has 1 amide bonds. The first-order valence-electron chi connectivity index (χ1n) is 10.9. The van der Waals surface area contributed by atoms with E-state index in [4.69, 9.17) is 0 Å². The number of carbonyl (C=O) groups is 2. The van der Waals surface area contributed by atoms with Crippen LogP contribution >= 0.6 is 11.3 Å². The number of halogens is 1. The summed E-state index contributed by atoms with van der Waals surface area (Å²) in [5.74, 6) is -1.08. The number of hydrogen-bond donors (Lipinski definition) is 2. The maximum Gasteiger partial charge on any atom is 0.275 e. The lowest BCUT2D eigenvalue weighted by Crippen LogP contribution is -2.37. The van der Waals surface area contributed by atoms with Gasteiger partial charge in [0.1, 0.15) is 22.2 Å². The van der Waals surface area contributed by atoms with Crippen molar-refractivity contribution < 1.29 is 14.0 Å². The van der Waals surface area contributed by atoms with Crippen LogP contribution in [0.15, 0.2) is 76.9 Å². The van der Waals surface area contributed by atoms with Crippen LogP contribution in [0.25, 0.3) is 11.3 Å². The second kappa shape index (κ2) is 10.5. The molecule has 0 spiro atoms. The van der Waals surface area contributed by atoms with Gasteiger partial charge in [0.15, 0.2) is 0 Å². The summed E-state index contributed by atoms with van der Waals surface area (Å²) in [6, 6.07) is 17.6. The maximum absolute atomic E-state index is 13.4. The minimum atomic E-state index is -0.476. The largest absolute Gasteiger partial charge is 0.320 e. The fourth-order valence-electron chi connectivity index (χ4n) is 3.44. The summed E-state index contributed by atoms with van der Waals surface area (Å²) in [5, 5.41) is 7.69. The van der Waals surface area contributed by atoms with E-state index >= 15 is 0 Å². The number of nitrogens with one attached hydrogen (secondary N) is 2. The molecule has 0 saturated heterocycles. The molecule has 4 rings (SSSR count). The lowest BCUT2D eigenvalue weighted by Gasteiger charge is -2.16. The molecule has 178 valence electrons. The lowest BCUT2D eigenvalue weighted by molar-refractivity contribution is -0.117. The number of ketones is 1. The van der Waals surface area contributed by atoms with Crippen LogP contribution in [0.4, 0.5) is 10.1 Å². The molecule has 7 nitrogen and oxygen atoms in total. The molecule has 0 aliphatic carbocycles. The summed E-state index contributed by atoms with van der Waals surface area (Å²) in [7, 11) is 1.66. The van der Waals surface area contributed by atoms with Gasteiger partial charge < -0.3 is 10.6 Å². The fraction of sp³-hybridized carbons (Fsp3) is 0.154. The third-order valence-corrected chi connectivity index (χ3v) is 6.35. The third-order valence-electron chi connectivity index (χ3n) is 5.51. The van der Waals surface area contributed by atoms with E-state index in [9.17, 15) is 18.8 Å². The molecule has 2 N–H and O–H groups in total. The SMILES string of the molecule is CN[C@@H](C)C(=O)Nc1ccc(-c2ccccc2)n(Cc2nc(C(=O)c3ccc(F)cc3)cs2)c1=O. The van der Waals surface area contributed by atoms with Crippen molar-refractivity contribution in [3.8, 4) is 11.3 Å². The number of carbonyl (C=O) groups excluding carboxylic acids is 2. The van der Waals surface area contributed by atoms with Crippen molar-refractivity contribution in [1.29, 1.82) is 0 Å². The van der Waals surface area contributed by atoms with Crippen LogP contribution in [-0.2, 0) is 11.3 Å². The van der Waals surface area contributed by atoms with Gasteiger partial charge in [-0.1, -0.05) is 30.3 Å². The standard InChI is InChI=1S/C26H23FN4O3S/c1-16(28-2)25(33)30-20-12-13-22(17-6-4-3-5-7-17)31(26(20)34)14-23-29-21(15-35-23)24(32)18-8-10-19(27)11-9-18/h3-13,15-16,28H,14H2,1-2H3,(H,30,33)/t16-/m0/s1. The number of nitrogens with zero attached hydrogens (tertiary/aromatic N) is 2. The van der Waals surface area contributed by atoms with Gasteiger partial charge in [0.05, 0.1) is 18.3 Å². The van der Waals surface area contributed by atoms with Crippen LogP contribution in [0.2, 0.25) is 0 Å². The van der Waals surface area contributed by atoms with E-state index in [0.717, 1.165) is 5.56 Å². The molecule has 0 saturated carbocycles. The van der Waals surface area contributed by atoms with E-state index in [2.05, 4.69) is 15.6 Å². The minimum absolute atomic E-state index is 0.107. The molecule has 0 aliphatic rings. The number of aromatic nitrogens is 2. The number of pyridine rings is 1. The van der Waals surface area contributed by atoms with Crippen molar-refractivity contribution in [2.24, 2.45) is 0 Å². The summed E-state index contributed by atoms with van der Waals surface area (Å²) >= 11 is 1.25. The average Bonchev–Trinajstić information content (AvgIpc) is 3.35. The van der Waals surface area contributed by atoms with Crippen LogP contribution in [0.5, 0.6) is 0 Å². The Labute approximate surface area is 205 Å². The van der Waals surface area contributed by atoms with Crippen molar-refractivity contribution in [3.63, 3.8) is 0 Å². The van der Waals surface area contributed by atoms with Crippen molar-refractivity contribution in [2.45, 2.75) is 19.5 Å². The molecule has 35 heavy (non-hydrogen) atoms. The Hall–Kier alpha value is -3.95. The van der Waals surface area contributed by atoms with Crippen LogP contribution in [0.3, 0.4) is 0 Å². The zero-order valence-electron chi connectivity index (χ0n) is 19.1. The highest BCUT2D eigenvalue weighted by atomic mass is 32.1. The van der Waals surface area contributed by atoms with E-state index in [1.165, 1.54) is 40.2 Å². The smallest absolute Gasteiger partial charge is 0.275 e. The number of amides is 1. The van der Waals surface area contributed by atoms with E-state index < -0.39 is 11.9 Å². The molecule has 1 atom stereocenters. The zero-order chi connectivity index (χ0) is 24.9. The lowest BCUT2D eigenvalue weighted by atomic mass is 10.1. The topological polar surface area (TPSA) is 93.1 Å². The van der Waals surface area contributed by atoms with Gasteiger partial charge in [-0.15, -0.1) is 11.3 Å². The van der Waals surface area contributed by atoms with Gasteiger partial charge in [-0.05, 0) is 55.9 Å². The Balaban J connectivity index is 1.69. The Kier molecular flexibility index (Phi) is 7.28. The summed E-state index contributed by atoms with van der Waals surface area (Å²) in [6.45, 7) is 1.80. The fourth-order valence-corrected chi connectivity index (χ4v) is 4.20. The first kappa shape index (κ1) is 24.2. The highest BCUT2D eigenvalue weighted by Crippen LogP contribution is 2.22. The van der Waals surface area contributed by atoms with Crippen molar-refractivity contribution in [2.75, 3.05) is 12.4 Å². The summed E-state index contributed by atoms with van der Waals surface area (Å²) in [5.41, 5.74) is 1.79. The van der Waals surface area contributed by atoms with Crippen molar-refractivity contribution in [1.82, 2.24) is 14.9 Å². The van der Waals surface area contributed by atoms with E-state index in [1.54, 1.807) is 31.5 Å². The summed E-state index contributed by atoms with van der Waals surface area (Å²) in [4.78, 5) is 42.9. The first-order chi connectivity index (χ1) is 16.9. The number of benzene rings is 2. The normalized spacial score (nSPS) is 11.7. The third kappa shape index (κ3) is 5.42. The minimum Gasteiger partial charge on any atom is -0.320 e. The Morgan fingerprint density at radius 3 is 2.46 bits per heavy atom. The first-order valence-corrected chi connectivity index (χ1v) is 11.8. The van der Waals surface area contributed by atoms with Crippen LogP contribution in [0.1, 0.15) is 28.0 Å². The molecular formula is C26H23FN4O3S. The van der Waals surface area contributed by atoms with Gasteiger partial charge in [-0.3, -0.25) is 19.0 Å². The molecule has 9 heteroatoms. The predicted octanol–water partition coefficient (Wildman–Crippen LogP) is 3.94. The highest BCUT2D eigenvalue weighted by Gasteiger charge is 2.18. The van der Waals surface area contributed by atoms with Crippen molar-refractivity contribution >= 4 is 28.7 Å². The quantitative estimate of drug-likeness (QED) is 0.365. The van der Waals surface area contributed by atoms with Gasteiger partial charge >= 0.3 is 0 Å². The summed E-state index contributed by atoms with van der Waals surface area (Å²) < 4.78 is 14.7. The van der Waals surface area contributed by atoms with E-state index in [0.29, 0.717) is 16.3 Å². The number of thiazole rings is 1. The van der Waals surface area contributed by atoms with Crippen LogP contribution < -0.4 is 16.2 Å². The number of hydrogen-bond acceptors (Lipinski definition) is 6. The monoisotopic (exact) mass is 490 g/mol. The average molecular weight is 491 g/mol. The molecule has 0 radical (unpaired) electrons. The molecule has 0 fully saturated rings. The Bertz CT molecular complexity index is 1410. The van der Waals surface area contributed by atoms with E-state index in [1.807, 2.05) is 30.3 Å². The molecule has 2 aromatic heterocycles. The van der Waals surface area contributed by atoms with E-state index in [-0.39, 0.29) is 35.2 Å². The highest BCUT2D eigenvalue weighted by molar-refractivity contribution is 7.09. The molecule has 2 aromatic carbocycles. The Morgan fingerprint density at radius 2 is 1.77 bits per heavy atom. The molecule has 2 heterocycles. The van der Waals surface area contributed by atoms with Gasteiger partial charge in [-0.2, -0.15) is 0 Å². The second-order valence-electron chi connectivity index (χ2n) is 7.85. The van der Waals surface area contributed by atoms with Gasteiger partial charge in [0.25, 0.3) is 5.56 Å². The Morgan fingerprint density at radius 1 is 1.06 bits per heavy atom. The molecule has 0 unspecified atom stereocenters. The zero-order valence-corrected chi connectivity index (χ0v) is 19.9. The number of anilines is 1. The summed E-state index contributed by atoms with van der Waals surface area (Å²) in [6.07, 6.45) is 0. The molecule has 4 aromatic rings. The predicted molar refractivity (Wildman–Crippen MR) is 134 cm³/mol. The molecule has 0 aliphatic heterocycles. The maximum atomic E-state index is 13.4. The van der Waals surface area contributed by atoms with Gasteiger partial charge in [-0.25, -0.2) is 9.37 Å². The number of rotatable bonds is 8. The van der Waals surface area contributed by atoms with Crippen LogP contribution in [-0.4, -0.2) is 34.3 Å². The number of likely N-dealkylation sites (N-methyl/N-ethyl adjacent to an activating group) is 1. The van der Waals surface area contributed by atoms with Gasteiger partial charge in [0, 0.05) is 10.9 Å². The van der Waals surface area contributed by atoms with Crippen LogP contribution in [0, 0.1) is 5.82 Å². The molecule has 0 bridgehead atoms. The van der Waals surface area contributed by atoms with Gasteiger partial charge in [0.2, 0.25) is 11.7 Å². The second-order valence-corrected chi connectivity index (χ2v) is 8.79.